The number of aliphatic hydroxyl groups excluding tert-OH is 1. The second kappa shape index (κ2) is 11.7. The van der Waals surface area contributed by atoms with Gasteiger partial charge < -0.3 is 25.2 Å². The predicted octanol–water partition coefficient (Wildman–Crippen LogP) is 2.93. The van der Waals surface area contributed by atoms with Crippen LogP contribution in [0.1, 0.15) is 17.7 Å². The molecular formula is C25H26N6O4. The number of amides is 1. The Morgan fingerprint density at radius 3 is 2.77 bits per heavy atom. The molecule has 180 valence electrons. The van der Waals surface area contributed by atoms with E-state index in [-0.39, 0.29) is 25.5 Å². The van der Waals surface area contributed by atoms with Gasteiger partial charge in [-0.25, -0.2) is 9.97 Å². The maximum atomic E-state index is 11.5. The van der Waals surface area contributed by atoms with Crippen LogP contribution in [0.2, 0.25) is 0 Å². The Morgan fingerprint density at radius 1 is 1.06 bits per heavy atom. The quantitative estimate of drug-likeness (QED) is 0.281. The summed E-state index contributed by atoms with van der Waals surface area (Å²) in [7, 11) is 0. The molecule has 35 heavy (non-hydrogen) atoms. The first kappa shape index (κ1) is 23.8. The molecule has 0 unspecified atom stereocenters. The number of nitrogens with zero attached hydrogens (tertiary/aromatic N) is 4. The monoisotopic (exact) mass is 474 g/mol. The van der Waals surface area contributed by atoms with Crippen molar-refractivity contribution in [3.63, 3.8) is 0 Å². The molecule has 0 aliphatic rings. The van der Waals surface area contributed by atoms with Crippen molar-refractivity contribution in [2.75, 3.05) is 25.1 Å². The van der Waals surface area contributed by atoms with Crippen LogP contribution in [0.25, 0.3) is 10.9 Å². The summed E-state index contributed by atoms with van der Waals surface area (Å²) in [5.74, 6) is 1.73. The number of fused-ring (bicyclic) bond motifs is 1. The molecule has 0 atom stereocenters. The number of benzene rings is 2. The van der Waals surface area contributed by atoms with E-state index in [1.54, 1.807) is 18.6 Å². The molecule has 10 nitrogen and oxygen atoms in total. The van der Waals surface area contributed by atoms with Gasteiger partial charge in [-0.3, -0.25) is 14.8 Å². The van der Waals surface area contributed by atoms with E-state index in [4.69, 9.17) is 14.6 Å². The zero-order chi connectivity index (χ0) is 24.5. The minimum atomic E-state index is -0.223. The van der Waals surface area contributed by atoms with E-state index < -0.39 is 0 Å². The van der Waals surface area contributed by atoms with Crippen LogP contribution in [0.3, 0.4) is 0 Å². The normalized spacial score (nSPS) is 10.7. The van der Waals surface area contributed by atoms with Gasteiger partial charge in [0, 0.05) is 24.5 Å². The minimum Gasteiger partial charge on any atom is -0.491 e. The summed E-state index contributed by atoms with van der Waals surface area (Å²) in [6.07, 6.45) is 6.50. The number of aromatic nitrogens is 4. The number of anilines is 2. The second-order valence-corrected chi connectivity index (χ2v) is 7.64. The molecule has 1 amide bonds. The predicted molar refractivity (Wildman–Crippen MR) is 131 cm³/mol. The summed E-state index contributed by atoms with van der Waals surface area (Å²) in [6, 6.07) is 11.3. The van der Waals surface area contributed by atoms with Crippen molar-refractivity contribution >= 4 is 28.3 Å². The molecule has 0 fully saturated rings. The standard InChI is InChI=1S/C25H26N6O4/c1-17-13-18(5-6-21(17)35-15-19-14-26-8-9-27-19)31-25-24-20(29-16-30-25)3-2-4-22(24)34-12-10-28-23(33)7-11-32/h2-6,8-9,13-14,16,32H,7,10-12,15H2,1H3,(H,28,33)(H,29,30,31). The van der Waals surface area contributed by atoms with Gasteiger partial charge in [0.25, 0.3) is 0 Å². The Balaban J connectivity index is 1.46. The van der Waals surface area contributed by atoms with Gasteiger partial charge in [-0.05, 0) is 42.8 Å². The average Bonchev–Trinajstić information content (AvgIpc) is 2.87. The molecule has 0 bridgehead atoms. The largest absolute Gasteiger partial charge is 0.491 e. The van der Waals surface area contributed by atoms with E-state index in [2.05, 4.69) is 30.6 Å². The van der Waals surface area contributed by atoms with E-state index in [1.807, 2.05) is 43.3 Å². The maximum absolute atomic E-state index is 11.5. The molecule has 0 aliphatic carbocycles. The number of carbonyl (C=O) groups is 1. The van der Waals surface area contributed by atoms with Crippen LogP contribution in [-0.2, 0) is 11.4 Å². The van der Waals surface area contributed by atoms with Crippen molar-refractivity contribution in [1.82, 2.24) is 25.3 Å². The van der Waals surface area contributed by atoms with Crippen molar-refractivity contribution < 1.29 is 19.4 Å². The van der Waals surface area contributed by atoms with Crippen LogP contribution in [0.5, 0.6) is 11.5 Å². The highest BCUT2D eigenvalue weighted by Gasteiger charge is 2.12. The molecule has 2 aromatic heterocycles. The van der Waals surface area contributed by atoms with Crippen molar-refractivity contribution in [2.45, 2.75) is 20.0 Å². The molecule has 2 heterocycles. The van der Waals surface area contributed by atoms with Gasteiger partial charge in [-0.1, -0.05) is 6.07 Å². The van der Waals surface area contributed by atoms with E-state index in [0.717, 1.165) is 33.6 Å². The zero-order valence-corrected chi connectivity index (χ0v) is 19.3. The topological polar surface area (TPSA) is 131 Å². The molecule has 3 N–H and O–H groups in total. The van der Waals surface area contributed by atoms with Gasteiger partial charge in [0.15, 0.2) is 0 Å². The summed E-state index contributed by atoms with van der Waals surface area (Å²) in [6.45, 7) is 2.70. The number of rotatable bonds is 11. The van der Waals surface area contributed by atoms with Gasteiger partial charge in [0.05, 0.1) is 35.9 Å². The number of carbonyl (C=O) groups excluding carboxylic acids is 1. The minimum absolute atomic E-state index is 0.0692. The third-order valence-electron chi connectivity index (χ3n) is 5.08. The van der Waals surface area contributed by atoms with Gasteiger partial charge >= 0.3 is 0 Å². The highest BCUT2D eigenvalue weighted by atomic mass is 16.5. The molecule has 2 aromatic carbocycles. The lowest BCUT2D eigenvalue weighted by Gasteiger charge is -2.14. The Hall–Kier alpha value is -4.31. The number of hydrogen-bond donors (Lipinski definition) is 3. The van der Waals surface area contributed by atoms with Crippen LogP contribution in [0.4, 0.5) is 11.5 Å². The van der Waals surface area contributed by atoms with Crippen molar-refractivity contribution in [1.29, 1.82) is 0 Å². The lowest BCUT2D eigenvalue weighted by molar-refractivity contribution is -0.121. The van der Waals surface area contributed by atoms with E-state index in [9.17, 15) is 4.79 Å². The fourth-order valence-electron chi connectivity index (χ4n) is 3.42. The number of aliphatic hydroxyl groups is 1. The molecule has 10 heteroatoms. The van der Waals surface area contributed by atoms with Gasteiger partial charge in [-0.2, -0.15) is 0 Å². The average molecular weight is 475 g/mol. The first-order valence-electron chi connectivity index (χ1n) is 11.1. The molecular weight excluding hydrogens is 448 g/mol. The third kappa shape index (κ3) is 6.39. The summed E-state index contributed by atoms with van der Waals surface area (Å²) in [4.78, 5) is 28.6. The fourth-order valence-corrected chi connectivity index (χ4v) is 3.42. The first-order valence-corrected chi connectivity index (χ1v) is 11.1. The Morgan fingerprint density at radius 2 is 1.97 bits per heavy atom. The second-order valence-electron chi connectivity index (χ2n) is 7.64. The van der Waals surface area contributed by atoms with Crippen LogP contribution >= 0.6 is 0 Å². The van der Waals surface area contributed by atoms with Crippen LogP contribution < -0.4 is 20.1 Å². The molecule has 0 radical (unpaired) electrons. The van der Waals surface area contributed by atoms with Crippen LogP contribution in [0.15, 0.2) is 61.3 Å². The number of hydrogen-bond acceptors (Lipinski definition) is 9. The summed E-state index contributed by atoms with van der Waals surface area (Å²) < 4.78 is 11.8. The van der Waals surface area contributed by atoms with Crippen LogP contribution in [-0.4, -0.2) is 50.7 Å². The molecule has 0 aliphatic heterocycles. The molecule has 0 saturated heterocycles. The van der Waals surface area contributed by atoms with E-state index in [1.165, 1.54) is 6.33 Å². The Labute approximate surface area is 202 Å². The lowest BCUT2D eigenvalue weighted by atomic mass is 10.1. The highest BCUT2D eigenvalue weighted by Crippen LogP contribution is 2.32. The Kier molecular flexibility index (Phi) is 7.97. The number of aryl methyl sites for hydroxylation is 1. The molecule has 0 spiro atoms. The lowest BCUT2D eigenvalue weighted by Crippen LogP contribution is -2.28. The maximum Gasteiger partial charge on any atom is 0.222 e. The molecule has 0 saturated carbocycles. The van der Waals surface area contributed by atoms with Crippen molar-refractivity contribution in [2.24, 2.45) is 0 Å². The number of nitrogens with one attached hydrogen (secondary N) is 2. The summed E-state index contributed by atoms with van der Waals surface area (Å²) >= 11 is 0. The van der Waals surface area contributed by atoms with Crippen molar-refractivity contribution in [3.05, 3.63) is 72.6 Å². The van der Waals surface area contributed by atoms with E-state index in [0.29, 0.717) is 24.7 Å². The summed E-state index contributed by atoms with van der Waals surface area (Å²) in [5.41, 5.74) is 3.26. The van der Waals surface area contributed by atoms with Gasteiger partial charge in [-0.15, -0.1) is 0 Å². The highest BCUT2D eigenvalue weighted by molar-refractivity contribution is 5.95. The number of ether oxygens (including phenoxy) is 2. The fraction of sp³-hybridized carbons (Fsp3) is 0.240. The van der Waals surface area contributed by atoms with Crippen molar-refractivity contribution in [3.8, 4) is 11.5 Å². The third-order valence-corrected chi connectivity index (χ3v) is 5.08. The zero-order valence-electron chi connectivity index (χ0n) is 19.3. The summed E-state index contributed by atoms with van der Waals surface area (Å²) in [5, 5.41) is 15.6. The van der Waals surface area contributed by atoms with Crippen LogP contribution in [0, 0.1) is 6.92 Å². The van der Waals surface area contributed by atoms with Gasteiger partial charge in [0.1, 0.15) is 36.9 Å². The molecule has 4 aromatic rings. The van der Waals surface area contributed by atoms with Gasteiger partial charge in [0.2, 0.25) is 5.91 Å². The van der Waals surface area contributed by atoms with E-state index >= 15 is 0 Å². The molecule has 4 rings (SSSR count). The first-order chi connectivity index (χ1) is 17.1. The smallest absolute Gasteiger partial charge is 0.222 e. The Bertz CT molecular complexity index is 1280. The SMILES string of the molecule is Cc1cc(Nc2ncnc3cccc(OCCNC(=O)CCO)c23)ccc1OCc1cnccn1.